The monoisotopic (exact) mass is 280 g/mol. The highest BCUT2D eigenvalue weighted by Gasteiger charge is 2.10. The molecule has 1 aromatic carbocycles. The number of esters is 1. The van der Waals surface area contributed by atoms with E-state index in [1.54, 1.807) is 6.92 Å². The Kier molecular flexibility index (Phi) is 7.55. The SMILES string of the molecule is CCCOc1ccc(CC(=O)OCC)cc1OCCC. The molecule has 112 valence electrons. The molecule has 4 nitrogen and oxygen atoms in total. The molecule has 0 heterocycles. The number of carbonyl (C=O) groups is 1. The largest absolute Gasteiger partial charge is 0.490 e. The molecule has 0 spiro atoms. The van der Waals surface area contributed by atoms with Crippen LogP contribution in [-0.4, -0.2) is 25.8 Å². The Morgan fingerprint density at radius 1 is 1.00 bits per heavy atom. The molecule has 1 aromatic rings. The number of hydrogen-bond acceptors (Lipinski definition) is 4. The molecule has 0 unspecified atom stereocenters. The second-order valence-electron chi connectivity index (χ2n) is 4.46. The zero-order chi connectivity index (χ0) is 14.8. The van der Waals surface area contributed by atoms with Crippen LogP contribution in [0.2, 0.25) is 0 Å². The van der Waals surface area contributed by atoms with Crippen molar-refractivity contribution in [2.24, 2.45) is 0 Å². The van der Waals surface area contributed by atoms with Crippen molar-refractivity contribution >= 4 is 5.97 Å². The summed E-state index contributed by atoms with van der Waals surface area (Å²) in [5.74, 6) is 1.20. The molecule has 0 saturated heterocycles. The van der Waals surface area contributed by atoms with E-state index in [-0.39, 0.29) is 12.4 Å². The van der Waals surface area contributed by atoms with Gasteiger partial charge in [-0.2, -0.15) is 0 Å². The fourth-order valence-electron chi connectivity index (χ4n) is 1.70. The maximum atomic E-state index is 11.5. The summed E-state index contributed by atoms with van der Waals surface area (Å²) in [5.41, 5.74) is 0.874. The first-order valence-electron chi connectivity index (χ1n) is 7.25. The van der Waals surface area contributed by atoms with Crippen LogP contribution in [0.1, 0.15) is 39.2 Å². The van der Waals surface area contributed by atoms with Gasteiger partial charge in [0.1, 0.15) is 0 Å². The molecule has 0 aliphatic rings. The standard InChI is InChI=1S/C16H24O4/c1-4-9-19-14-8-7-13(12-16(17)18-6-3)11-15(14)20-10-5-2/h7-8,11H,4-6,9-10,12H2,1-3H3. The Balaban J connectivity index is 2.79. The highest BCUT2D eigenvalue weighted by Crippen LogP contribution is 2.29. The van der Waals surface area contributed by atoms with E-state index in [9.17, 15) is 4.79 Å². The average Bonchev–Trinajstić information content (AvgIpc) is 2.44. The van der Waals surface area contributed by atoms with Crippen molar-refractivity contribution in [2.75, 3.05) is 19.8 Å². The third-order valence-electron chi connectivity index (χ3n) is 2.59. The van der Waals surface area contributed by atoms with Gasteiger partial charge in [-0.15, -0.1) is 0 Å². The molecule has 0 N–H and O–H groups in total. The summed E-state index contributed by atoms with van der Waals surface area (Å²) in [6.07, 6.45) is 2.12. The molecular formula is C16H24O4. The van der Waals surface area contributed by atoms with Crippen LogP contribution in [0, 0.1) is 0 Å². The summed E-state index contributed by atoms with van der Waals surface area (Å²) in [4.78, 5) is 11.5. The van der Waals surface area contributed by atoms with Crippen molar-refractivity contribution in [2.45, 2.75) is 40.0 Å². The van der Waals surface area contributed by atoms with Gasteiger partial charge in [-0.05, 0) is 37.5 Å². The highest BCUT2D eigenvalue weighted by atomic mass is 16.5. The Morgan fingerprint density at radius 2 is 1.65 bits per heavy atom. The summed E-state index contributed by atoms with van der Waals surface area (Å²) in [6.45, 7) is 7.59. The fraction of sp³-hybridized carbons (Fsp3) is 0.562. The predicted octanol–water partition coefficient (Wildman–Crippen LogP) is 3.37. The van der Waals surface area contributed by atoms with Crippen LogP contribution in [0.25, 0.3) is 0 Å². The minimum Gasteiger partial charge on any atom is -0.490 e. The van der Waals surface area contributed by atoms with Gasteiger partial charge in [0, 0.05) is 0 Å². The van der Waals surface area contributed by atoms with Crippen LogP contribution < -0.4 is 9.47 Å². The molecule has 0 saturated carbocycles. The van der Waals surface area contributed by atoms with Crippen LogP contribution >= 0.6 is 0 Å². The fourth-order valence-corrected chi connectivity index (χ4v) is 1.70. The van der Waals surface area contributed by atoms with Crippen LogP contribution in [-0.2, 0) is 16.0 Å². The van der Waals surface area contributed by atoms with E-state index >= 15 is 0 Å². The lowest BCUT2D eigenvalue weighted by atomic mass is 10.1. The molecule has 0 aliphatic carbocycles. The smallest absolute Gasteiger partial charge is 0.310 e. The summed E-state index contributed by atoms with van der Waals surface area (Å²) in [7, 11) is 0. The lowest BCUT2D eigenvalue weighted by Crippen LogP contribution is -2.08. The zero-order valence-corrected chi connectivity index (χ0v) is 12.6. The van der Waals surface area contributed by atoms with Gasteiger partial charge in [-0.1, -0.05) is 19.9 Å². The number of carbonyl (C=O) groups excluding carboxylic acids is 1. The third kappa shape index (κ3) is 5.51. The van der Waals surface area contributed by atoms with Crippen molar-refractivity contribution < 1.29 is 19.0 Å². The van der Waals surface area contributed by atoms with Gasteiger partial charge >= 0.3 is 5.97 Å². The lowest BCUT2D eigenvalue weighted by molar-refractivity contribution is -0.142. The van der Waals surface area contributed by atoms with Gasteiger partial charge in [0.2, 0.25) is 0 Å². The van der Waals surface area contributed by atoms with E-state index in [0.29, 0.717) is 25.6 Å². The van der Waals surface area contributed by atoms with Crippen LogP contribution in [0.3, 0.4) is 0 Å². The lowest BCUT2D eigenvalue weighted by Gasteiger charge is -2.13. The summed E-state index contributed by atoms with van der Waals surface area (Å²) in [5, 5.41) is 0. The maximum absolute atomic E-state index is 11.5. The van der Waals surface area contributed by atoms with Crippen molar-refractivity contribution in [3.63, 3.8) is 0 Å². The second-order valence-corrected chi connectivity index (χ2v) is 4.46. The average molecular weight is 280 g/mol. The Bertz CT molecular complexity index is 415. The molecule has 0 fully saturated rings. The first-order chi connectivity index (χ1) is 9.71. The minimum absolute atomic E-state index is 0.226. The molecule has 4 heteroatoms. The highest BCUT2D eigenvalue weighted by molar-refractivity contribution is 5.72. The van der Waals surface area contributed by atoms with Crippen molar-refractivity contribution in [3.05, 3.63) is 23.8 Å². The van der Waals surface area contributed by atoms with E-state index in [1.165, 1.54) is 0 Å². The summed E-state index contributed by atoms with van der Waals surface area (Å²) >= 11 is 0. The number of benzene rings is 1. The quantitative estimate of drug-likeness (QED) is 0.651. The zero-order valence-electron chi connectivity index (χ0n) is 12.6. The first kappa shape index (κ1) is 16.3. The maximum Gasteiger partial charge on any atom is 0.310 e. The van der Waals surface area contributed by atoms with E-state index in [1.807, 2.05) is 18.2 Å². The predicted molar refractivity (Wildman–Crippen MR) is 78.4 cm³/mol. The van der Waals surface area contributed by atoms with Crippen LogP contribution in [0.4, 0.5) is 0 Å². The first-order valence-corrected chi connectivity index (χ1v) is 7.25. The van der Waals surface area contributed by atoms with Crippen molar-refractivity contribution in [1.29, 1.82) is 0 Å². The summed E-state index contributed by atoms with van der Waals surface area (Å²) < 4.78 is 16.3. The van der Waals surface area contributed by atoms with Crippen molar-refractivity contribution in [3.8, 4) is 11.5 Å². The van der Waals surface area contributed by atoms with Gasteiger partial charge < -0.3 is 14.2 Å². The van der Waals surface area contributed by atoms with Gasteiger partial charge in [-0.3, -0.25) is 4.79 Å². The van der Waals surface area contributed by atoms with Gasteiger partial charge in [0.15, 0.2) is 11.5 Å². The summed E-state index contributed by atoms with van der Waals surface area (Å²) in [6, 6.07) is 5.59. The number of ether oxygens (including phenoxy) is 3. The van der Waals surface area contributed by atoms with E-state index in [0.717, 1.165) is 24.2 Å². The Morgan fingerprint density at radius 3 is 2.25 bits per heavy atom. The molecule has 0 aliphatic heterocycles. The second kappa shape index (κ2) is 9.23. The van der Waals surface area contributed by atoms with Crippen LogP contribution in [0.5, 0.6) is 11.5 Å². The molecule has 0 bridgehead atoms. The molecular weight excluding hydrogens is 256 g/mol. The number of hydrogen-bond donors (Lipinski definition) is 0. The van der Waals surface area contributed by atoms with Gasteiger partial charge in [0.05, 0.1) is 26.2 Å². The molecule has 1 rings (SSSR count). The Hall–Kier alpha value is -1.71. The number of rotatable bonds is 9. The van der Waals surface area contributed by atoms with E-state index in [2.05, 4.69) is 13.8 Å². The third-order valence-corrected chi connectivity index (χ3v) is 2.59. The van der Waals surface area contributed by atoms with Crippen LogP contribution in [0.15, 0.2) is 18.2 Å². The molecule has 20 heavy (non-hydrogen) atoms. The van der Waals surface area contributed by atoms with E-state index in [4.69, 9.17) is 14.2 Å². The van der Waals surface area contributed by atoms with Gasteiger partial charge in [0.25, 0.3) is 0 Å². The Labute approximate surface area is 121 Å². The molecule has 0 atom stereocenters. The van der Waals surface area contributed by atoms with Gasteiger partial charge in [-0.25, -0.2) is 0 Å². The molecule has 0 aromatic heterocycles. The molecule has 0 radical (unpaired) electrons. The normalized spacial score (nSPS) is 10.2. The topological polar surface area (TPSA) is 44.8 Å². The minimum atomic E-state index is -0.226. The van der Waals surface area contributed by atoms with E-state index < -0.39 is 0 Å². The van der Waals surface area contributed by atoms with Crippen molar-refractivity contribution in [1.82, 2.24) is 0 Å². The molecule has 0 amide bonds.